The highest BCUT2D eigenvalue weighted by Crippen LogP contribution is 2.34. The predicted octanol–water partition coefficient (Wildman–Crippen LogP) is 4.06. The summed E-state index contributed by atoms with van der Waals surface area (Å²) in [6.07, 6.45) is 2.02. The molecule has 8 heteroatoms. The maximum Gasteiger partial charge on any atom is 0.303 e. The van der Waals surface area contributed by atoms with Gasteiger partial charge in [-0.15, -0.1) is 0 Å². The second kappa shape index (κ2) is 7.46. The smallest absolute Gasteiger partial charge is 0.303 e. The Balaban J connectivity index is 2.13. The number of aliphatic carboxylic acids is 1. The van der Waals surface area contributed by atoms with Crippen molar-refractivity contribution in [3.05, 3.63) is 38.7 Å². The third kappa shape index (κ3) is 4.23. The van der Waals surface area contributed by atoms with Crippen molar-refractivity contribution in [2.75, 3.05) is 6.54 Å². The fourth-order valence-electron chi connectivity index (χ4n) is 1.84. The maximum atomic E-state index is 12.3. The molecular formula is C14H11Cl2NO3S2. The van der Waals surface area contributed by atoms with E-state index < -0.39 is 5.97 Å². The average molecular weight is 376 g/mol. The number of nitrogens with zero attached hydrogens (tertiary/aromatic N) is 1. The monoisotopic (exact) mass is 375 g/mol. The average Bonchev–Trinajstić information content (AvgIpc) is 2.69. The Morgan fingerprint density at radius 3 is 2.77 bits per heavy atom. The van der Waals surface area contributed by atoms with Crippen molar-refractivity contribution in [3.63, 3.8) is 0 Å². The first-order valence-electron chi connectivity index (χ1n) is 6.30. The highest BCUT2D eigenvalue weighted by Gasteiger charge is 2.31. The molecule has 4 nitrogen and oxygen atoms in total. The van der Waals surface area contributed by atoms with Gasteiger partial charge in [-0.25, -0.2) is 0 Å². The molecular weight excluding hydrogens is 365 g/mol. The van der Waals surface area contributed by atoms with Crippen LogP contribution in [0.2, 0.25) is 10.0 Å². The molecule has 1 saturated heterocycles. The van der Waals surface area contributed by atoms with Gasteiger partial charge in [0.05, 0.1) is 4.91 Å². The molecule has 0 saturated carbocycles. The van der Waals surface area contributed by atoms with Gasteiger partial charge in [0.15, 0.2) is 0 Å². The number of amides is 1. The molecule has 0 atom stereocenters. The molecule has 1 aliphatic heterocycles. The molecule has 0 unspecified atom stereocenters. The number of halogens is 2. The lowest BCUT2D eigenvalue weighted by atomic mass is 10.2. The number of carboxylic acids is 1. The molecule has 1 fully saturated rings. The first-order chi connectivity index (χ1) is 10.4. The van der Waals surface area contributed by atoms with Crippen LogP contribution in [-0.4, -0.2) is 32.7 Å². The van der Waals surface area contributed by atoms with Gasteiger partial charge >= 0.3 is 5.97 Å². The summed E-state index contributed by atoms with van der Waals surface area (Å²) in [4.78, 5) is 24.7. The minimum absolute atomic E-state index is 0.000873. The Labute approximate surface area is 147 Å². The summed E-state index contributed by atoms with van der Waals surface area (Å²) in [6.45, 7) is 0.294. The van der Waals surface area contributed by atoms with Gasteiger partial charge in [0.25, 0.3) is 5.91 Å². The number of hydrogen-bond acceptors (Lipinski definition) is 4. The molecule has 0 bridgehead atoms. The van der Waals surface area contributed by atoms with E-state index in [1.165, 1.54) is 16.7 Å². The van der Waals surface area contributed by atoms with E-state index in [4.69, 9.17) is 40.5 Å². The Morgan fingerprint density at radius 1 is 1.41 bits per heavy atom. The number of thioether (sulfide) groups is 1. The second-order valence-electron chi connectivity index (χ2n) is 4.50. The Bertz CT molecular complexity index is 676. The molecule has 22 heavy (non-hydrogen) atoms. The van der Waals surface area contributed by atoms with Crippen LogP contribution in [0.4, 0.5) is 0 Å². The third-order valence-corrected chi connectivity index (χ3v) is 4.84. The highest BCUT2D eigenvalue weighted by atomic mass is 35.5. The van der Waals surface area contributed by atoms with E-state index >= 15 is 0 Å². The van der Waals surface area contributed by atoms with Gasteiger partial charge in [0, 0.05) is 23.0 Å². The highest BCUT2D eigenvalue weighted by molar-refractivity contribution is 8.26. The largest absolute Gasteiger partial charge is 0.481 e. The summed E-state index contributed by atoms with van der Waals surface area (Å²) in [5.74, 6) is -1.12. The van der Waals surface area contributed by atoms with E-state index in [1.54, 1.807) is 24.3 Å². The molecule has 1 heterocycles. The number of carbonyl (C=O) groups excluding carboxylic acids is 1. The van der Waals surface area contributed by atoms with Crippen molar-refractivity contribution < 1.29 is 14.7 Å². The van der Waals surface area contributed by atoms with Crippen molar-refractivity contribution in [1.82, 2.24) is 4.90 Å². The number of thiocarbonyl (C=S) groups is 1. The van der Waals surface area contributed by atoms with Crippen LogP contribution in [0.5, 0.6) is 0 Å². The maximum absolute atomic E-state index is 12.3. The van der Waals surface area contributed by atoms with Gasteiger partial charge in [0.2, 0.25) is 0 Å². The Hall–Kier alpha value is -1.08. The molecule has 0 aromatic heterocycles. The first-order valence-corrected chi connectivity index (χ1v) is 8.29. The standard InChI is InChI=1S/C14H11Cl2NO3S2/c15-9-4-3-8(10(16)7-9)6-11-13(20)17(14(21)22-11)5-1-2-12(18)19/h3-4,6-7H,1-2,5H2,(H,18,19)/b11-6+. The molecule has 2 rings (SSSR count). The van der Waals surface area contributed by atoms with E-state index in [2.05, 4.69) is 0 Å². The molecule has 0 aliphatic carbocycles. The van der Waals surface area contributed by atoms with Crippen molar-refractivity contribution in [2.45, 2.75) is 12.8 Å². The van der Waals surface area contributed by atoms with Crippen LogP contribution < -0.4 is 0 Å². The minimum Gasteiger partial charge on any atom is -0.481 e. The molecule has 1 aromatic rings. The zero-order valence-electron chi connectivity index (χ0n) is 11.2. The van der Waals surface area contributed by atoms with E-state index in [0.717, 1.165) is 0 Å². The van der Waals surface area contributed by atoms with Crippen molar-refractivity contribution in [2.24, 2.45) is 0 Å². The summed E-state index contributed by atoms with van der Waals surface area (Å²) < 4.78 is 0.423. The van der Waals surface area contributed by atoms with Crippen LogP contribution >= 0.6 is 47.2 Å². The number of carboxylic acid groups (broad SMARTS) is 1. The fraction of sp³-hybridized carbons (Fsp3) is 0.214. The molecule has 116 valence electrons. The number of rotatable bonds is 5. The van der Waals surface area contributed by atoms with Crippen molar-refractivity contribution >= 4 is 69.5 Å². The van der Waals surface area contributed by atoms with E-state index in [1.807, 2.05) is 0 Å². The predicted molar refractivity (Wildman–Crippen MR) is 93.2 cm³/mol. The zero-order chi connectivity index (χ0) is 16.3. The first kappa shape index (κ1) is 17.3. The topological polar surface area (TPSA) is 57.6 Å². The molecule has 1 N–H and O–H groups in total. The molecule has 0 spiro atoms. The Morgan fingerprint density at radius 2 is 2.14 bits per heavy atom. The number of hydrogen-bond donors (Lipinski definition) is 1. The summed E-state index contributed by atoms with van der Waals surface area (Å²) in [7, 11) is 0. The molecule has 1 aliphatic rings. The lowest BCUT2D eigenvalue weighted by Gasteiger charge is -2.13. The van der Waals surface area contributed by atoms with Crippen molar-refractivity contribution in [1.29, 1.82) is 0 Å². The van der Waals surface area contributed by atoms with Gasteiger partial charge in [-0.3, -0.25) is 14.5 Å². The number of carbonyl (C=O) groups is 2. The van der Waals surface area contributed by atoms with Gasteiger partial charge in [0.1, 0.15) is 4.32 Å². The molecule has 1 aromatic carbocycles. The van der Waals surface area contributed by atoms with Gasteiger partial charge in [-0.1, -0.05) is 53.2 Å². The van der Waals surface area contributed by atoms with E-state index in [-0.39, 0.29) is 12.3 Å². The SMILES string of the molecule is O=C(O)CCCN1C(=O)/C(=C\c2ccc(Cl)cc2Cl)SC1=S. The van der Waals surface area contributed by atoms with Crippen molar-refractivity contribution in [3.8, 4) is 0 Å². The lowest BCUT2D eigenvalue weighted by molar-refractivity contribution is -0.137. The van der Waals surface area contributed by atoms with Crippen LogP contribution in [0, 0.1) is 0 Å². The van der Waals surface area contributed by atoms with E-state index in [9.17, 15) is 9.59 Å². The Kier molecular flexibility index (Phi) is 5.86. The van der Waals surface area contributed by atoms with Crippen LogP contribution in [0.1, 0.15) is 18.4 Å². The fourth-order valence-corrected chi connectivity index (χ4v) is 3.60. The third-order valence-electron chi connectivity index (χ3n) is 2.90. The number of benzene rings is 1. The molecule has 0 radical (unpaired) electrons. The minimum atomic E-state index is -0.895. The zero-order valence-corrected chi connectivity index (χ0v) is 14.4. The van der Waals surface area contributed by atoms with Gasteiger partial charge in [-0.05, 0) is 30.2 Å². The van der Waals surface area contributed by atoms with Crippen LogP contribution in [0.25, 0.3) is 6.08 Å². The normalized spacial score (nSPS) is 16.6. The van der Waals surface area contributed by atoms with Gasteiger partial charge < -0.3 is 5.11 Å². The molecule has 1 amide bonds. The summed E-state index contributed by atoms with van der Waals surface area (Å²) in [5.41, 5.74) is 0.678. The quantitative estimate of drug-likeness (QED) is 0.621. The van der Waals surface area contributed by atoms with Crippen LogP contribution in [-0.2, 0) is 9.59 Å². The van der Waals surface area contributed by atoms with Crippen LogP contribution in [0.3, 0.4) is 0 Å². The van der Waals surface area contributed by atoms with Crippen LogP contribution in [0.15, 0.2) is 23.1 Å². The lowest BCUT2D eigenvalue weighted by Crippen LogP contribution is -2.29. The van der Waals surface area contributed by atoms with E-state index in [0.29, 0.717) is 37.8 Å². The summed E-state index contributed by atoms with van der Waals surface area (Å²) in [6, 6.07) is 5.01. The second-order valence-corrected chi connectivity index (χ2v) is 7.02. The van der Waals surface area contributed by atoms with Gasteiger partial charge in [-0.2, -0.15) is 0 Å². The summed E-state index contributed by atoms with van der Waals surface area (Å²) in [5, 5.41) is 9.61. The summed E-state index contributed by atoms with van der Waals surface area (Å²) >= 11 is 18.3.